The van der Waals surface area contributed by atoms with Gasteiger partial charge in [0.05, 0.1) is 0 Å². The van der Waals surface area contributed by atoms with E-state index in [1.807, 2.05) is 25.3 Å². The van der Waals surface area contributed by atoms with E-state index in [2.05, 4.69) is 27.8 Å². The third-order valence-electron chi connectivity index (χ3n) is 8.79. The van der Waals surface area contributed by atoms with Crippen LogP contribution >= 0.6 is 12.6 Å². The summed E-state index contributed by atoms with van der Waals surface area (Å²) in [4.78, 5) is 14.9. The second-order valence-corrected chi connectivity index (χ2v) is 12.4. The Morgan fingerprint density at radius 2 is 1.95 bits per heavy atom. The number of aryl methyl sites for hydroxylation is 2. The largest absolute Gasteiger partial charge is 0.504 e. The number of aromatic nitrogens is 1. The maximum absolute atomic E-state index is 13.0. The van der Waals surface area contributed by atoms with Crippen LogP contribution in [0.15, 0.2) is 42.6 Å². The lowest BCUT2D eigenvalue weighted by molar-refractivity contribution is -0.122. The molecule has 3 atom stereocenters. The fourth-order valence-electron chi connectivity index (χ4n) is 6.45. The Bertz CT molecular complexity index is 1320. The van der Waals surface area contributed by atoms with Gasteiger partial charge in [-0.25, -0.2) is 0 Å². The number of benzene rings is 2. The van der Waals surface area contributed by atoms with Crippen LogP contribution < -0.4 is 10.6 Å². The molecule has 2 saturated carbocycles. The van der Waals surface area contributed by atoms with E-state index in [-0.39, 0.29) is 23.4 Å². The number of thiol groups is 1. The first kappa shape index (κ1) is 27.9. The number of aliphatic hydroxyl groups is 1. The van der Waals surface area contributed by atoms with Crippen molar-refractivity contribution < 1.29 is 20.1 Å². The molecule has 0 aliphatic heterocycles. The maximum atomic E-state index is 13.0. The van der Waals surface area contributed by atoms with E-state index in [4.69, 9.17) is 12.6 Å². The summed E-state index contributed by atoms with van der Waals surface area (Å²) in [7, 11) is 0. The van der Waals surface area contributed by atoms with Gasteiger partial charge in [-0.2, -0.15) is 0 Å². The third-order valence-corrected chi connectivity index (χ3v) is 9.45. The lowest BCUT2D eigenvalue weighted by Gasteiger charge is -2.51. The Kier molecular flexibility index (Phi) is 8.17. The Morgan fingerprint density at radius 1 is 1.15 bits per heavy atom. The van der Waals surface area contributed by atoms with Crippen LogP contribution in [0, 0.1) is 12.8 Å². The van der Waals surface area contributed by atoms with Crippen molar-refractivity contribution in [1.82, 2.24) is 15.6 Å². The first-order valence-electron chi connectivity index (χ1n) is 14.2. The first-order chi connectivity index (χ1) is 18.7. The molecule has 3 unspecified atom stereocenters. The summed E-state index contributed by atoms with van der Waals surface area (Å²) in [5, 5.41) is 41.1. The quantitative estimate of drug-likeness (QED) is 0.0798. The molecule has 8 heteroatoms. The number of phenolic OH excluding ortho intramolecular Hbond substituents is 2. The number of aromatic hydroxyl groups is 2. The van der Waals surface area contributed by atoms with Gasteiger partial charge in [0.15, 0.2) is 11.5 Å². The van der Waals surface area contributed by atoms with Gasteiger partial charge in [0, 0.05) is 40.5 Å². The van der Waals surface area contributed by atoms with Crippen LogP contribution in [0.5, 0.6) is 11.5 Å². The summed E-state index contributed by atoms with van der Waals surface area (Å²) in [6.45, 7) is 3.45. The topological polar surface area (TPSA) is 118 Å². The number of rotatable bonds is 11. The molecule has 0 spiro atoms. The molecule has 5 rings (SSSR count). The third kappa shape index (κ3) is 5.93. The lowest BCUT2D eigenvalue weighted by atomic mass is 9.62. The number of H-pyrrole nitrogens is 1. The van der Waals surface area contributed by atoms with E-state index in [0.717, 1.165) is 36.4 Å². The number of nitrogens with one attached hydrogen (secondary N) is 3. The summed E-state index contributed by atoms with van der Waals surface area (Å²) in [5.41, 5.74) is 2.66. The molecule has 7 nitrogen and oxygen atoms in total. The summed E-state index contributed by atoms with van der Waals surface area (Å²) >= 11 is 4.76. The van der Waals surface area contributed by atoms with E-state index in [0.29, 0.717) is 44.2 Å². The predicted molar refractivity (Wildman–Crippen MR) is 157 cm³/mol. The van der Waals surface area contributed by atoms with Crippen molar-refractivity contribution in [2.75, 3.05) is 13.1 Å². The van der Waals surface area contributed by atoms with Gasteiger partial charge in [-0.05, 0) is 101 Å². The minimum Gasteiger partial charge on any atom is -0.504 e. The molecule has 210 valence electrons. The van der Waals surface area contributed by atoms with Gasteiger partial charge >= 0.3 is 0 Å². The number of aromatic amines is 1. The highest BCUT2D eigenvalue weighted by Crippen LogP contribution is 2.55. The molecule has 2 aliphatic rings. The van der Waals surface area contributed by atoms with Gasteiger partial charge in [0.1, 0.15) is 4.93 Å². The van der Waals surface area contributed by atoms with Crippen LogP contribution in [-0.4, -0.2) is 50.3 Å². The number of hydrogen-bond acceptors (Lipinski definition) is 6. The predicted octanol–water partition coefficient (Wildman–Crippen LogP) is 4.83. The van der Waals surface area contributed by atoms with Crippen molar-refractivity contribution in [3.05, 3.63) is 59.3 Å². The van der Waals surface area contributed by atoms with Crippen LogP contribution in [0.1, 0.15) is 68.1 Å². The number of fused-ring (bicyclic) bond motifs is 1. The van der Waals surface area contributed by atoms with E-state index >= 15 is 0 Å². The molecule has 0 bridgehead atoms. The zero-order valence-corrected chi connectivity index (χ0v) is 23.6. The number of carbonyl (C=O) groups is 1. The van der Waals surface area contributed by atoms with E-state index in [9.17, 15) is 20.1 Å². The van der Waals surface area contributed by atoms with Crippen LogP contribution in [0.2, 0.25) is 0 Å². The van der Waals surface area contributed by atoms with E-state index in [1.165, 1.54) is 29.9 Å². The van der Waals surface area contributed by atoms with Crippen molar-refractivity contribution in [2.24, 2.45) is 5.92 Å². The van der Waals surface area contributed by atoms with Gasteiger partial charge in [0.25, 0.3) is 0 Å². The fraction of sp³-hybridized carbons (Fsp3) is 0.516. The monoisotopic (exact) mass is 551 g/mol. The van der Waals surface area contributed by atoms with Crippen molar-refractivity contribution in [1.29, 1.82) is 0 Å². The van der Waals surface area contributed by atoms with Gasteiger partial charge in [-0.3, -0.25) is 4.79 Å². The molecule has 2 aromatic carbocycles. The van der Waals surface area contributed by atoms with E-state index < -0.39 is 10.3 Å². The van der Waals surface area contributed by atoms with Crippen LogP contribution in [0.3, 0.4) is 0 Å². The van der Waals surface area contributed by atoms with Crippen molar-refractivity contribution in [2.45, 2.75) is 81.1 Å². The number of hydrogen-bond donors (Lipinski definition) is 7. The second-order valence-electron chi connectivity index (χ2n) is 11.6. The number of carbonyl (C=O) groups excluding carboxylic acids is 1. The first-order valence-corrected chi connectivity index (χ1v) is 14.7. The van der Waals surface area contributed by atoms with E-state index in [1.54, 1.807) is 6.07 Å². The molecule has 2 fully saturated rings. The molecular formula is C31H41N3O4S. The molecule has 0 radical (unpaired) electrons. The van der Waals surface area contributed by atoms with Crippen LogP contribution in [0.4, 0.5) is 0 Å². The highest BCUT2D eigenvalue weighted by Gasteiger charge is 2.55. The summed E-state index contributed by atoms with van der Waals surface area (Å²) < 4.78 is 0. The summed E-state index contributed by atoms with van der Waals surface area (Å²) in [6.07, 6.45) is 8.35. The highest BCUT2D eigenvalue weighted by atomic mass is 32.1. The van der Waals surface area contributed by atoms with Gasteiger partial charge < -0.3 is 30.9 Å². The van der Waals surface area contributed by atoms with Gasteiger partial charge in [-0.15, -0.1) is 12.6 Å². The molecule has 3 aromatic rings. The minimum atomic E-state index is -1.42. The van der Waals surface area contributed by atoms with Crippen LogP contribution in [0.25, 0.3) is 10.9 Å². The summed E-state index contributed by atoms with van der Waals surface area (Å²) in [5.74, 6) is 0.278. The maximum Gasteiger partial charge on any atom is 0.220 e. The fourth-order valence-corrected chi connectivity index (χ4v) is 6.89. The van der Waals surface area contributed by atoms with Crippen molar-refractivity contribution in [3.8, 4) is 11.5 Å². The normalized spacial score (nSPS) is 25.2. The molecule has 1 aromatic heterocycles. The average molecular weight is 552 g/mol. The van der Waals surface area contributed by atoms with Gasteiger partial charge in [-0.1, -0.05) is 24.3 Å². The molecule has 0 saturated heterocycles. The number of phenols is 2. The van der Waals surface area contributed by atoms with Crippen LogP contribution in [-0.2, 0) is 16.6 Å². The average Bonchev–Trinajstić information content (AvgIpc) is 3.65. The highest BCUT2D eigenvalue weighted by molar-refractivity contribution is 7.81. The Labute approximate surface area is 235 Å². The zero-order chi connectivity index (χ0) is 27.6. The standard InChI is InChI=1S/C31H41N3O4S/c1-20-9-12-26(35)29(37)28(20)30(15-16-32-18-21-10-11-21)17-23(13-14-31(30,38)39)34-27(36)8-4-5-22-19-33-25-7-3-2-6-24(22)25/h2-3,6-7,9,12,19,21,23,32-33,35,37-39H,4-5,8,10-11,13-18H2,1H3,(H,34,36). The SMILES string of the molecule is Cc1ccc(O)c(O)c1C1(CCNCC2CC2)CC(NC(=O)CCCc2c[nH]c3ccccc23)CCC1(O)S. The Balaban J connectivity index is 1.29. The number of para-hydroxylation sites is 1. The molecular weight excluding hydrogens is 510 g/mol. The molecule has 2 aliphatic carbocycles. The summed E-state index contributed by atoms with van der Waals surface area (Å²) in [6, 6.07) is 11.2. The Morgan fingerprint density at radius 3 is 2.74 bits per heavy atom. The Hall–Kier alpha value is -2.68. The van der Waals surface area contributed by atoms with Crippen molar-refractivity contribution in [3.63, 3.8) is 0 Å². The number of amides is 1. The lowest BCUT2D eigenvalue weighted by Crippen LogP contribution is -2.57. The van der Waals surface area contributed by atoms with Crippen molar-refractivity contribution >= 4 is 29.4 Å². The second kappa shape index (κ2) is 11.4. The molecule has 6 N–H and O–H groups in total. The minimum absolute atomic E-state index is 0.0120. The zero-order valence-electron chi connectivity index (χ0n) is 22.7. The van der Waals surface area contributed by atoms with Gasteiger partial charge in [0.2, 0.25) is 5.91 Å². The molecule has 39 heavy (non-hydrogen) atoms. The smallest absolute Gasteiger partial charge is 0.220 e. The molecule has 1 amide bonds. The molecule has 1 heterocycles.